The molecule has 236 valence electrons. The van der Waals surface area contributed by atoms with Gasteiger partial charge in [0.2, 0.25) is 5.91 Å². The number of fused-ring (bicyclic) bond motifs is 2. The molecule has 5 aliphatic carbocycles. The first-order valence-electron chi connectivity index (χ1n) is 15.5. The van der Waals surface area contributed by atoms with Crippen molar-refractivity contribution < 1.29 is 43.9 Å². The summed E-state index contributed by atoms with van der Waals surface area (Å²) in [5.41, 5.74) is -6.72. The molecule has 0 radical (unpaired) electrons. The lowest BCUT2D eigenvalue weighted by molar-refractivity contribution is -0.369. The Morgan fingerprint density at radius 2 is 1.79 bits per heavy atom. The van der Waals surface area contributed by atoms with Crippen LogP contribution in [0.2, 0.25) is 0 Å². The van der Waals surface area contributed by atoms with Crippen LogP contribution in [0.5, 0.6) is 0 Å². The van der Waals surface area contributed by atoms with E-state index in [9.17, 15) is 24.9 Å². The van der Waals surface area contributed by atoms with Gasteiger partial charge in [-0.15, -0.1) is 0 Å². The second kappa shape index (κ2) is 9.45. The average Bonchev–Trinajstić information content (AvgIpc) is 3.36. The summed E-state index contributed by atoms with van der Waals surface area (Å²) in [6.45, 7) is 4.30. The first-order valence-corrected chi connectivity index (χ1v) is 15.5. The Kier molecular flexibility index (Phi) is 6.50. The Morgan fingerprint density at radius 3 is 2.44 bits per heavy atom. The highest BCUT2D eigenvalue weighted by Crippen LogP contribution is 2.80. The van der Waals surface area contributed by atoms with Gasteiger partial charge in [0.05, 0.1) is 35.6 Å². The van der Waals surface area contributed by atoms with Crippen molar-refractivity contribution >= 4 is 17.6 Å². The van der Waals surface area contributed by atoms with E-state index in [-0.39, 0.29) is 36.3 Å². The number of esters is 1. The SMILES string of the molecule is CCN1C[C@]2(OC(=O)c3ccccc3NC(C)=O)CCC(OC)[C@@]34C2C[C@@](O)(C13)[C@@]1(O)CC(OC)C2CC4[C@]1(O)C2OC. The zero-order chi connectivity index (χ0) is 30.7. The van der Waals surface area contributed by atoms with E-state index in [4.69, 9.17) is 18.9 Å². The van der Waals surface area contributed by atoms with Crippen molar-refractivity contribution in [2.75, 3.05) is 39.7 Å². The number of hydrogen-bond donors (Lipinski definition) is 4. The second-order valence-corrected chi connectivity index (χ2v) is 13.9. The molecule has 11 nitrogen and oxygen atoms in total. The van der Waals surface area contributed by atoms with Crippen LogP contribution in [0.4, 0.5) is 5.69 Å². The molecule has 43 heavy (non-hydrogen) atoms. The molecule has 0 aromatic heterocycles. The Balaban J connectivity index is 1.41. The fourth-order valence-electron chi connectivity index (χ4n) is 11.6. The molecule has 1 aliphatic heterocycles. The van der Waals surface area contributed by atoms with Crippen molar-refractivity contribution in [1.82, 2.24) is 4.90 Å². The molecule has 6 fully saturated rings. The first-order chi connectivity index (χ1) is 20.4. The number of hydrogen-bond acceptors (Lipinski definition) is 10. The Morgan fingerprint density at radius 1 is 1.05 bits per heavy atom. The predicted molar refractivity (Wildman–Crippen MR) is 153 cm³/mol. The Labute approximate surface area is 251 Å². The lowest BCUT2D eigenvalue weighted by atomic mass is 9.43. The van der Waals surface area contributed by atoms with Crippen LogP contribution in [-0.2, 0) is 23.7 Å². The predicted octanol–water partition coefficient (Wildman–Crippen LogP) is 1.34. The van der Waals surface area contributed by atoms with Gasteiger partial charge in [-0.1, -0.05) is 19.1 Å². The summed E-state index contributed by atoms with van der Waals surface area (Å²) in [5, 5.41) is 41.5. The van der Waals surface area contributed by atoms with E-state index in [1.54, 1.807) is 45.6 Å². The van der Waals surface area contributed by atoms with Crippen LogP contribution < -0.4 is 5.32 Å². The van der Waals surface area contributed by atoms with E-state index < -0.39 is 63.9 Å². The van der Waals surface area contributed by atoms with Crippen molar-refractivity contribution in [3.63, 3.8) is 0 Å². The molecule has 1 saturated heterocycles. The zero-order valence-corrected chi connectivity index (χ0v) is 25.5. The molecular formula is C32H44N2O9. The van der Waals surface area contributed by atoms with Gasteiger partial charge in [0.15, 0.2) is 0 Å². The van der Waals surface area contributed by atoms with E-state index >= 15 is 0 Å². The number of aliphatic hydroxyl groups is 3. The molecule has 12 atom stereocenters. The summed E-state index contributed by atoms with van der Waals surface area (Å²) in [6.07, 6.45) is 0.245. The number of carbonyl (C=O) groups excluding carboxylic acids is 2. The van der Waals surface area contributed by atoms with Gasteiger partial charge < -0.3 is 39.6 Å². The molecule has 7 unspecified atom stereocenters. The largest absolute Gasteiger partial charge is 0.454 e. The molecular weight excluding hydrogens is 556 g/mol. The van der Waals surface area contributed by atoms with E-state index in [2.05, 4.69) is 10.2 Å². The topological polar surface area (TPSA) is 147 Å². The third-order valence-corrected chi connectivity index (χ3v) is 12.7. The summed E-state index contributed by atoms with van der Waals surface area (Å²) in [7, 11) is 4.82. The number of likely N-dealkylation sites (tertiary alicyclic amines) is 1. The standard InChI is InChI=1S/C32H44N2O9/c1-6-34-16-28(43-26(36)18-9-7-8-10-20(18)33-17(2)35)12-11-24(41-4)31-22-13-19-21(40-3)14-30(38,32(22,39)25(19)42-5)29(37,27(31)34)15-23(28)31/h7-10,19,21-25,27,37-39H,6,11-16H2,1-5H3,(H,33,35)/t19?,21?,22?,23?,24?,25?,27?,28-,29-,30+,31-,32+/m1/s1. The van der Waals surface area contributed by atoms with Gasteiger partial charge in [0.25, 0.3) is 0 Å². The average molecular weight is 601 g/mol. The second-order valence-electron chi connectivity index (χ2n) is 13.9. The molecule has 6 aliphatic rings. The van der Waals surface area contributed by atoms with Gasteiger partial charge in [-0.25, -0.2) is 4.79 Å². The fourth-order valence-corrected chi connectivity index (χ4v) is 11.6. The first kappa shape index (κ1) is 29.6. The summed E-state index contributed by atoms with van der Waals surface area (Å²) >= 11 is 0. The number of nitrogens with zero attached hydrogens (tertiary/aromatic N) is 1. The molecule has 5 saturated carbocycles. The number of nitrogens with one attached hydrogen (secondary N) is 1. The van der Waals surface area contributed by atoms with Gasteiger partial charge in [-0.2, -0.15) is 0 Å². The maximum Gasteiger partial charge on any atom is 0.340 e. The highest BCUT2D eigenvalue weighted by Gasteiger charge is 2.93. The van der Waals surface area contributed by atoms with Crippen LogP contribution in [0, 0.1) is 23.2 Å². The van der Waals surface area contributed by atoms with Gasteiger partial charge in [-0.3, -0.25) is 9.69 Å². The Hall–Kier alpha value is -2.12. The van der Waals surface area contributed by atoms with Crippen LogP contribution in [0.1, 0.15) is 56.3 Å². The van der Waals surface area contributed by atoms with Crippen molar-refractivity contribution in [3.05, 3.63) is 29.8 Å². The number of benzene rings is 1. The fraction of sp³-hybridized carbons (Fsp3) is 0.750. The summed E-state index contributed by atoms with van der Waals surface area (Å²) in [4.78, 5) is 28.1. The minimum absolute atomic E-state index is 0.0723. The van der Waals surface area contributed by atoms with Gasteiger partial charge in [0.1, 0.15) is 22.4 Å². The van der Waals surface area contributed by atoms with Crippen LogP contribution in [0.3, 0.4) is 0 Å². The van der Waals surface area contributed by atoms with Crippen molar-refractivity contribution in [2.24, 2.45) is 23.2 Å². The highest BCUT2D eigenvalue weighted by atomic mass is 16.6. The van der Waals surface area contributed by atoms with E-state index in [0.29, 0.717) is 38.0 Å². The summed E-state index contributed by atoms with van der Waals surface area (Å²) < 4.78 is 24.8. The summed E-state index contributed by atoms with van der Waals surface area (Å²) in [5.74, 6) is -1.97. The number of carbonyl (C=O) groups is 2. The highest BCUT2D eigenvalue weighted by molar-refractivity contribution is 6.00. The number of methoxy groups -OCH3 is 3. The smallest absolute Gasteiger partial charge is 0.340 e. The van der Waals surface area contributed by atoms with E-state index in [1.165, 1.54) is 6.92 Å². The van der Waals surface area contributed by atoms with E-state index in [1.807, 2.05) is 6.92 Å². The number of amides is 1. The van der Waals surface area contributed by atoms with Gasteiger partial charge in [0, 0.05) is 64.4 Å². The van der Waals surface area contributed by atoms with Crippen LogP contribution >= 0.6 is 0 Å². The maximum atomic E-state index is 14.0. The van der Waals surface area contributed by atoms with Gasteiger partial charge in [-0.05, 0) is 44.4 Å². The normalized spacial score (nSPS) is 49.1. The minimum Gasteiger partial charge on any atom is -0.454 e. The lowest BCUT2D eigenvalue weighted by Crippen LogP contribution is -2.87. The van der Waals surface area contributed by atoms with Crippen LogP contribution in [0.25, 0.3) is 0 Å². The molecule has 1 heterocycles. The molecule has 1 aromatic carbocycles. The number of rotatable bonds is 7. The minimum atomic E-state index is -1.93. The number of anilines is 1. The monoisotopic (exact) mass is 600 g/mol. The third-order valence-electron chi connectivity index (χ3n) is 12.7. The quantitative estimate of drug-likeness (QED) is 0.338. The zero-order valence-electron chi connectivity index (χ0n) is 25.5. The number of ether oxygens (including phenoxy) is 4. The number of para-hydroxylation sites is 1. The molecule has 1 spiro atoms. The van der Waals surface area contributed by atoms with Gasteiger partial charge >= 0.3 is 5.97 Å². The third kappa shape index (κ3) is 3.24. The van der Waals surface area contributed by atoms with Crippen molar-refractivity contribution in [3.8, 4) is 0 Å². The molecule has 7 bridgehead atoms. The molecule has 1 aromatic rings. The maximum absolute atomic E-state index is 14.0. The Bertz CT molecular complexity index is 1340. The number of likely N-dealkylation sites (N-methyl/N-ethyl adjacent to an activating group) is 1. The van der Waals surface area contributed by atoms with Crippen molar-refractivity contribution in [2.45, 2.75) is 92.7 Å². The lowest BCUT2D eigenvalue weighted by Gasteiger charge is -2.71. The van der Waals surface area contributed by atoms with E-state index in [0.717, 1.165) is 0 Å². The van der Waals surface area contributed by atoms with Crippen LogP contribution in [-0.4, -0.2) is 113 Å². The van der Waals surface area contributed by atoms with Crippen molar-refractivity contribution in [1.29, 1.82) is 0 Å². The van der Waals surface area contributed by atoms with Crippen LogP contribution in [0.15, 0.2) is 24.3 Å². The molecule has 7 rings (SSSR count). The summed E-state index contributed by atoms with van der Waals surface area (Å²) in [6, 6.07) is 6.23. The molecule has 4 N–H and O–H groups in total. The number of piperidine rings is 1. The molecule has 11 heteroatoms. The molecule has 1 amide bonds.